The summed E-state index contributed by atoms with van der Waals surface area (Å²) in [6, 6.07) is 1.17. The standard InChI is InChI=1S/C13H26N2O2/c1-11(15(2)3)9-14-12-4-6-17-13(8-12)5-7-16-10-13/h11-12,14H,4-10H2,1-3H3. The fraction of sp³-hybridized carbons (Fsp3) is 1.00. The van der Waals surface area contributed by atoms with E-state index in [4.69, 9.17) is 9.47 Å². The molecule has 1 spiro atoms. The SMILES string of the molecule is CC(CNC1CCOC2(CCOC2)C1)N(C)C. The second-order valence-electron chi connectivity index (χ2n) is 5.74. The van der Waals surface area contributed by atoms with Gasteiger partial charge in [0.15, 0.2) is 0 Å². The molecule has 0 saturated carbocycles. The van der Waals surface area contributed by atoms with Crippen molar-refractivity contribution in [3.8, 4) is 0 Å². The molecule has 2 saturated heterocycles. The van der Waals surface area contributed by atoms with Crippen molar-refractivity contribution in [3.05, 3.63) is 0 Å². The normalized spacial score (nSPS) is 35.6. The van der Waals surface area contributed by atoms with Crippen LogP contribution in [0.1, 0.15) is 26.2 Å². The van der Waals surface area contributed by atoms with Crippen LogP contribution in [0.3, 0.4) is 0 Å². The molecule has 2 aliphatic heterocycles. The van der Waals surface area contributed by atoms with Gasteiger partial charge in [0.05, 0.1) is 12.2 Å². The van der Waals surface area contributed by atoms with Crippen LogP contribution < -0.4 is 5.32 Å². The van der Waals surface area contributed by atoms with Crippen molar-refractivity contribution < 1.29 is 9.47 Å². The molecular weight excluding hydrogens is 216 g/mol. The van der Waals surface area contributed by atoms with Crippen molar-refractivity contribution >= 4 is 0 Å². The van der Waals surface area contributed by atoms with Crippen LogP contribution >= 0.6 is 0 Å². The van der Waals surface area contributed by atoms with Gasteiger partial charge in [0.1, 0.15) is 0 Å². The molecule has 0 aromatic rings. The van der Waals surface area contributed by atoms with Gasteiger partial charge in [-0.1, -0.05) is 0 Å². The topological polar surface area (TPSA) is 33.7 Å². The third kappa shape index (κ3) is 3.41. The van der Waals surface area contributed by atoms with E-state index in [-0.39, 0.29) is 5.60 Å². The van der Waals surface area contributed by atoms with Crippen molar-refractivity contribution in [1.82, 2.24) is 10.2 Å². The predicted octanol–water partition coefficient (Wildman–Crippen LogP) is 0.864. The van der Waals surface area contributed by atoms with Crippen LogP contribution in [-0.4, -0.2) is 63.0 Å². The maximum atomic E-state index is 5.94. The summed E-state index contributed by atoms with van der Waals surface area (Å²) in [5.41, 5.74) is 0.0251. The number of hydrogen-bond acceptors (Lipinski definition) is 4. The van der Waals surface area contributed by atoms with Crippen LogP contribution in [0.5, 0.6) is 0 Å². The highest BCUT2D eigenvalue weighted by atomic mass is 16.6. The molecule has 1 N–H and O–H groups in total. The number of nitrogens with one attached hydrogen (secondary N) is 1. The molecule has 2 aliphatic rings. The molecule has 0 aliphatic carbocycles. The zero-order valence-electron chi connectivity index (χ0n) is 11.4. The lowest BCUT2D eigenvalue weighted by molar-refractivity contribution is -0.0895. The van der Waals surface area contributed by atoms with Crippen LogP contribution in [0.15, 0.2) is 0 Å². The number of rotatable bonds is 4. The number of ether oxygens (including phenoxy) is 2. The molecule has 0 aromatic carbocycles. The van der Waals surface area contributed by atoms with Gasteiger partial charge in [0, 0.05) is 38.3 Å². The molecule has 0 amide bonds. The summed E-state index contributed by atoms with van der Waals surface area (Å²) in [6.45, 7) is 5.82. The second-order valence-corrected chi connectivity index (χ2v) is 5.74. The molecule has 100 valence electrons. The lowest BCUT2D eigenvalue weighted by Crippen LogP contribution is -2.49. The Bertz CT molecular complexity index is 240. The van der Waals surface area contributed by atoms with Gasteiger partial charge in [-0.3, -0.25) is 0 Å². The van der Waals surface area contributed by atoms with Crippen LogP contribution in [-0.2, 0) is 9.47 Å². The van der Waals surface area contributed by atoms with Gasteiger partial charge < -0.3 is 19.7 Å². The monoisotopic (exact) mass is 242 g/mol. The van der Waals surface area contributed by atoms with E-state index in [0.717, 1.165) is 45.6 Å². The van der Waals surface area contributed by atoms with E-state index in [1.165, 1.54) is 0 Å². The van der Waals surface area contributed by atoms with Crippen molar-refractivity contribution in [2.24, 2.45) is 0 Å². The third-order valence-corrected chi connectivity index (χ3v) is 4.14. The van der Waals surface area contributed by atoms with Gasteiger partial charge in [0.25, 0.3) is 0 Å². The quantitative estimate of drug-likeness (QED) is 0.793. The lowest BCUT2D eigenvalue weighted by Gasteiger charge is -2.38. The highest BCUT2D eigenvalue weighted by Gasteiger charge is 2.40. The minimum absolute atomic E-state index is 0.0251. The molecule has 4 heteroatoms. The minimum atomic E-state index is 0.0251. The third-order valence-electron chi connectivity index (χ3n) is 4.14. The van der Waals surface area contributed by atoms with Gasteiger partial charge in [0.2, 0.25) is 0 Å². The van der Waals surface area contributed by atoms with Crippen molar-refractivity contribution in [2.45, 2.75) is 43.9 Å². The van der Waals surface area contributed by atoms with E-state index in [1.54, 1.807) is 0 Å². The summed E-state index contributed by atoms with van der Waals surface area (Å²) in [5.74, 6) is 0. The first-order valence-electron chi connectivity index (χ1n) is 6.73. The molecule has 2 fully saturated rings. The van der Waals surface area contributed by atoms with Crippen LogP contribution in [0.4, 0.5) is 0 Å². The smallest absolute Gasteiger partial charge is 0.0951 e. The summed E-state index contributed by atoms with van der Waals surface area (Å²) >= 11 is 0. The molecule has 3 unspecified atom stereocenters. The first-order chi connectivity index (χ1) is 8.11. The lowest BCUT2D eigenvalue weighted by atomic mass is 9.89. The molecule has 3 atom stereocenters. The second kappa shape index (κ2) is 5.65. The minimum Gasteiger partial charge on any atom is -0.378 e. The average molecular weight is 242 g/mol. The van der Waals surface area contributed by atoms with Crippen molar-refractivity contribution in [3.63, 3.8) is 0 Å². The largest absolute Gasteiger partial charge is 0.378 e. The highest BCUT2D eigenvalue weighted by Crippen LogP contribution is 2.32. The summed E-state index contributed by atoms with van der Waals surface area (Å²) < 4.78 is 11.4. The number of hydrogen-bond donors (Lipinski definition) is 1. The number of likely N-dealkylation sites (N-methyl/N-ethyl adjacent to an activating group) is 1. The maximum Gasteiger partial charge on any atom is 0.0951 e. The predicted molar refractivity (Wildman–Crippen MR) is 68.3 cm³/mol. The molecule has 4 nitrogen and oxygen atoms in total. The Morgan fingerprint density at radius 2 is 2.24 bits per heavy atom. The summed E-state index contributed by atoms with van der Waals surface area (Å²) in [7, 11) is 4.26. The van der Waals surface area contributed by atoms with Gasteiger partial charge >= 0.3 is 0 Å². The average Bonchev–Trinajstić information content (AvgIpc) is 2.74. The Balaban J connectivity index is 1.77. The number of nitrogens with zero attached hydrogens (tertiary/aromatic N) is 1. The Labute approximate surface area is 105 Å². The molecule has 2 rings (SSSR count). The summed E-state index contributed by atoms with van der Waals surface area (Å²) in [6.07, 6.45) is 3.30. The van der Waals surface area contributed by atoms with Gasteiger partial charge in [-0.15, -0.1) is 0 Å². The van der Waals surface area contributed by atoms with Gasteiger partial charge in [-0.25, -0.2) is 0 Å². The fourth-order valence-electron chi connectivity index (χ4n) is 2.59. The molecule has 2 heterocycles. The first-order valence-corrected chi connectivity index (χ1v) is 6.73. The van der Waals surface area contributed by atoms with E-state index in [0.29, 0.717) is 12.1 Å². The van der Waals surface area contributed by atoms with Crippen LogP contribution in [0.25, 0.3) is 0 Å². The highest BCUT2D eigenvalue weighted by molar-refractivity contribution is 4.93. The zero-order chi connectivity index (χ0) is 12.3. The van der Waals surface area contributed by atoms with Crippen molar-refractivity contribution in [2.75, 3.05) is 40.5 Å². The van der Waals surface area contributed by atoms with Crippen LogP contribution in [0, 0.1) is 0 Å². The van der Waals surface area contributed by atoms with Gasteiger partial charge in [-0.05, 0) is 33.9 Å². The van der Waals surface area contributed by atoms with Crippen LogP contribution in [0.2, 0.25) is 0 Å². The Morgan fingerprint density at radius 1 is 1.41 bits per heavy atom. The maximum absolute atomic E-state index is 5.94. The Hall–Kier alpha value is -0.160. The summed E-state index contributed by atoms with van der Waals surface area (Å²) in [5, 5.41) is 3.68. The fourth-order valence-corrected chi connectivity index (χ4v) is 2.59. The Kier molecular flexibility index (Phi) is 4.42. The van der Waals surface area contributed by atoms with E-state index in [1.807, 2.05) is 0 Å². The summed E-state index contributed by atoms with van der Waals surface area (Å²) in [4.78, 5) is 2.25. The molecule has 0 radical (unpaired) electrons. The Morgan fingerprint density at radius 3 is 2.88 bits per heavy atom. The molecular formula is C13H26N2O2. The molecule has 17 heavy (non-hydrogen) atoms. The molecule has 0 aromatic heterocycles. The van der Waals surface area contributed by atoms with Gasteiger partial charge in [-0.2, -0.15) is 0 Å². The first kappa shape index (κ1) is 13.3. The van der Waals surface area contributed by atoms with E-state index in [2.05, 4.69) is 31.2 Å². The van der Waals surface area contributed by atoms with E-state index < -0.39 is 0 Å². The molecule has 0 bridgehead atoms. The van der Waals surface area contributed by atoms with E-state index in [9.17, 15) is 0 Å². The van der Waals surface area contributed by atoms with Crippen molar-refractivity contribution in [1.29, 1.82) is 0 Å². The zero-order valence-corrected chi connectivity index (χ0v) is 11.4. The van der Waals surface area contributed by atoms with E-state index >= 15 is 0 Å².